The van der Waals surface area contributed by atoms with Gasteiger partial charge in [0.2, 0.25) is 0 Å². The van der Waals surface area contributed by atoms with Gasteiger partial charge in [-0.2, -0.15) is 0 Å². The van der Waals surface area contributed by atoms with Crippen LogP contribution in [0.15, 0.2) is 0 Å². The lowest BCUT2D eigenvalue weighted by atomic mass is 10.1. The smallest absolute Gasteiger partial charge is 0.265 e. The molecule has 16 heavy (non-hydrogen) atoms. The number of nitrogens with zero attached hydrogens (tertiary/aromatic N) is 2. The van der Waals surface area contributed by atoms with Crippen molar-refractivity contribution in [1.29, 1.82) is 0 Å². The molecule has 1 amide bonds. The van der Waals surface area contributed by atoms with Crippen LogP contribution in [0.2, 0.25) is 0 Å². The third kappa shape index (κ3) is 2.38. The molecule has 88 valence electrons. The molecule has 0 aromatic carbocycles. The van der Waals surface area contributed by atoms with Crippen LogP contribution in [0, 0.1) is 0 Å². The molecule has 0 unspecified atom stereocenters. The van der Waals surface area contributed by atoms with Crippen molar-refractivity contribution in [1.82, 2.24) is 20.2 Å². The van der Waals surface area contributed by atoms with E-state index >= 15 is 0 Å². The zero-order valence-electron chi connectivity index (χ0n) is 9.49. The Hall–Kier alpha value is -1.01. The first-order valence-corrected chi connectivity index (χ1v) is 6.29. The molecule has 6 heteroatoms. The van der Waals surface area contributed by atoms with Crippen LogP contribution in [0.5, 0.6) is 0 Å². The monoisotopic (exact) mass is 240 g/mol. The van der Waals surface area contributed by atoms with Crippen LogP contribution in [-0.4, -0.2) is 34.6 Å². The molecule has 0 saturated carbocycles. The molecule has 0 spiro atoms. The number of hydrogen-bond donors (Lipinski definition) is 2. The number of rotatable bonds is 3. The highest BCUT2D eigenvalue weighted by Gasteiger charge is 2.22. The summed E-state index contributed by atoms with van der Waals surface area (Å²) in [6, 6.07) is 0.245. The van der Waals surface area contributed by atoms with Crippen LogP contribution in [0.3, 0.4) is 0 Å². The van der Waals surface area contributed by atoms with Crippen LogP contribution < -0.4 is 10.6 Å². The van der Waals surface area contributed by atoms with Crippen LogP contribution in [0.4, 0.5) is 0 Å². The van der Waals surface area contributed by atoms with Crippen molar-refractivity contribution in [2.75, 3.05) is 13.1 Å². The SMILES string of the molecule is CC(C)c1nnsc1C(=O)N[C@@H]1CCNC1. The van der Waals surface area contributed by atoms with E-state index in [1.165, 1.54) is 11.5 Å². The zero-order chi connectivity index (χ0) is 11.5. The van der Waals surface area contributed by atoms with E-state index in [1.54, 1.807) is 0 Å². The summed E-state index contributed by atoms with van der Waals surface area (Å²) in [6.45, 7) is 5.87. The molecule has 5 nitrogen and oxygen atoms in total. The number of carbonyl (C=O) groups excluding carboxylic acids is 1. The second kappa shape index (κ2) is 4.88. The fourth-order valence-corrected chi connectivity index (χ4v) is 2.48. The normalized spacial score (nSPS) is 20.3. The molecule has 1 saturated heterocycles. The van der Waals surface area contributed by atoms with Crippen molar-refractivity contribution in [3.63, 3.8) is 0 Å². The van der Waals surface area contributed by atoms with Crippen molar-refractivity contribution in [2.45, 2.75) is 32.2 Å². The van der Waals surface area contributed by atoms with Gasteiger partial charge in [-0.1, -0.05) is 18.3 Å². The van der Waals surface area contributed by atoms with E-state index in [0.717, 1.165) is 25.2 Å². The second-order valence-electron chi connectivity index (χ2n) is 4.31. The lowest BCUT2D eigenvalue weighted by Crippen LogP contribution is -2.36. The minimum atomic E-state index is -0.0348. The second-order valence-corrected chi connectivity index (χ2v) is 5.06. The van der Waals surface area contributed by atoms with Crippen LogP contribution in [-0.2, 0) is 0 Å². The van der Waals surface area contributed by atoms with E-state index in [9.17, 15) is 4.79 Å². The molecule has 0 bridgehead atoms. The molecule has 0 aliphatic carbocycles. The zero-order valence-corrected chi connectivity index (χ0v) is 10.3. The van der Waals surface area contributed by atoms with Crippen molar-refractivity contribution < 1.29 is 4.79 Å². The molecule has 0 radical (unpaired) electrons. The van der Waals surface area contributed by atoms with Gasteiger partial charge in [0.1, 0.15) is 4.88 Å². The summed E-state index contributed by atoms with van der Waals surface area (Å²) in [7, 11) is 0. The van der Waals surface area contributed by atoms with E-state index in [-0.39, 0.29) is 17.9 Å². The Morgan fingerprint density at radius 3 is 3.06 bits per heavy atom. The molecule has 1 aliphatic heterocycles. The van der Waals surface area contributed by atoms with Gasteiger partial charge < -0.3 is 10.6 Å². The standard InChI is InChI=1S/C10H16N4OS/c1-6(2)8-9(16-14-13-8)10(15)12-7-3-4-11-5-7/h6-7,11H,3-5H2,1-2H3,(H,12,15)/t7-/m1/s1. The predicted molar refractivity (Wildman–Crippen MR) is 62.7 cm³/mol. The maximum Gasteiger partial charge on any atom is 0.265 e. The first kappa shape index (κ1) is 11.5. The highest BCUT2D eigenvalue weighted by Crippen LogP contribution is 2.19. The average Bonchev–Trinajstić information content (AvgIpc) is 2.86. The van der Waals surface area contributed by atoms with Gasteiger partial charge in [0.15, 0.2) is 0 Å². The van der Waals surface area contributed by atoms with E-state index in [2.05, 4.69) is 20.2 Å². The summed E-state index contributed by atoms with van der Waals surface area (Å²) >= 11 is 1.18. The molecule has 1 aromatic heterocycles. The molecule has 1 aromatic rings. The Kier molecular flexibility index (Phi) is 3.50. The van der Waals surface area contributed by atoms with Gasteiger partial charge in [-0.05, 0) is 30.4 Å². The van der Waals surface area contributed by atoms with Gasteiger partial charge in [-0.25, -0.2) is 0 Å². The van der Waals surface area contributed by atoms with Crippen molar-refractivity contribution in [3.05, 3.63) is 10.6 Å². The lowest BCUT2D eigenvalue weighted by molar-refractivity contribution is 0.0942. The number of amides is 1. The fraction of sp³-hybridized carbons (Fsp3) is 0.700. The van der Waals surface area contributed by atoms with Gasteiger partial charge in [-0.3, -0.25) is 4.79 Å². The van der Waals surface area contributed by atoms with Crippen molar-refractivity contribution >= 4 is 17.4 Å². The van der Waals surface area contributed by atoms with E-state index in [1.807, 2.05) is 13.8 Å². The first-order chi connectivity index (χ1) is 7.68. The van der Waals surface area contributed by atoms with Gasteiger partial charge in [0.25, 0.3) is 5.91 Å². The maximum absolute atomic E-state index is 12.0. The third-order valence-corrected chi connectivity index (χ3v) is 3.40. The summed E-state index contributed by atoms with van der Waals surface area (Å²) in [5.74, 6) is 0.202. The molecular formula is C10H16N4OS. The topological polar surface area (TPSA) is 66.9 Å². The molecule has 1 aliphatic rings. The summed E-state index contributed by atoms with van der Waals surface area (Å²) in [6.07, 6.45) is 0.995. The Bertz CT molecular complexity index is 371. The van der Waals surface area contributed by atoms with E-state index in [4.69, 9.17) is 0 Å². The molecule has 1 atom stereocenters. The van der Waals surface area contributed by atoms with E-state index < -0.39 is 0 Å². The molecular weight excluding hydrogens is 224 g/mol. The quantitative estimate of drug-likeness (QED) is 0.818. The van der Waals surface area contributed by atoms with E-state index in [0.29, 0.717) is 4.88 Å². The number of hydrogen-bond acceptors (Lipinski definition) is 5. The molecule has 2 N–H and O–H groups in total. The Morgan fingerprint density at radius 2 is 2.44 bits per heavy atom. The number of carbonyl (C=O) groups is 1. The molecule has 2 heterocycles. The van der Waals surface area contributed by atoms with Crippen LogP contribution >= 0.6 is 11.5 Å². The minimum Gasteiger partial charge on any atom is -0.347 e. The largest absolute Gasteiger partial charge is 0.347 e. The fourth-order valence-electron chi connectivity index (χ4n) is 1.76. The Morgan fingerprint density at radius 1 is 1.62 bits per heavy atom. The lowest BCUT2D eigenvalue weighted by Gasteiger charge is -2.11. The average molecular weight is 240 g/mol. The summed E-state index contributed by atoms with van der Waals surface area (Å²) in [4.78, 5) is 12.6. The van der Waals surface area contributed by atoms with Crippen molar-refractivity contribution in [3.8, 4) is 0 Å². The Balaban J connectivity index is 2.05. The van der Waals surface area contributed by atoms with Gasteiger partial charge >= 0.3 is 0 Å². The number of aromatic nitrogens is 2. The number of nitrogens with one attached hydrogen (secondary N) is 2. The maximum atomic E-state index is 12.0. The van der Waals surface area contributed by atoms with Gasteiger partial charge in [0, 0.05) is 12.6 Å². The molecule has 2 rings (SSSR count). The highest BCUT2D eigenvalue weighted by molar-refractivity contribution is 7.08. The van der Waals surface area contributed by atoms with Crippen molar-refractivity contribution in [2.24, 2.45) is 0 Å². The predicted octanol–water partition coefficient (Wildman–Crippen LogP) is 0.753. The minimum absolute atomic E-state index is 0.0348. The molecule has 1 fully saturated rings. The van der Waals surface area contributed by atoms with Crippen LogP contribution in [0.25, 0.3) is 0 Å². The third-order valence-electron chi connectivity index (χ3n) is 2.66. The van der Waals surface area contributed by atoms with Crippen LogP contribution in [0.1, 0.15) is 41.6 Å². The first-order valence-electron chi connectivity index (χ1n) is 5.52. The summed E-state index contributed by atoms with van der Waals surface area (Å²) in [5, 5.41) is 10.2. The highest BCUT2D eigenvalue weighted by atomic mass is 32.1. The van der Waals surface area contributed by atoms with Gasteiger partial charge in [-0.15, -0.1) is 5.10 Å². The Labute approximate surface area is 98.8 Å². The van der Waals surface area contributed by atoms with Gasteiger partial charge in [0.05, 0.1) is 5.69 Å². The summed E-state index contributed by atoms with van der Waals surface area (Å²) < 4.78 is 3.85. The summed E-state index contributed by atoms with van der Waals surface area (Å²) in [5.41, 5.74) is 0.799.